The lowest BCUT2D eigenvalue weighted by molar-refractivity contribution is -0.143. The molecule has 9 heteroatoms. The standard InChI is InChI=1S/C25H23ClN4O4/c1-34-10-9-30-22(31)19-18(11-13-12-27-17-8-3-2-5-14(13)17)29-25(20(19)23(30)32)15-6-4-7-16(26)21(15)28-24(25)33/h2-8,12,18-20,27,29H,9-11H2,1H3,(H,28,33)/t18-,19-,20+,25+/m1/s1. The van der Waals surface area contributed by atoms with E-state index in [1.54, 1.807) is 18.2 Å². The van der Waals surface area contributed by atoms with Crippen LogP contribution in [0.2, 0.25) is 5.02 Å². The predicted molar refractivity (Wildman–Crippen MR) is 126 cm³/mol. The van der Waals surface area contributed by atoms with E-state index in [2.05, 4.69) is 15.6 Å². The maximum atomic E-state index is 13.7. The van der Waals surface area contributed by atoms with E-state index >= 15 is 0 Å². The number of benzene rings is 2. The molecular formula is C25H23ClN4O4. The molecule has 3 aliphatic heterocycles. The third-order valence-corrected chi connectivity index (χ3v) is 7.74. The zero-order valence-corrected chi connectivity index (χ0v) is 19.2. The van der Waals surface area contributed by atoms with Gasteiger partial charge in [-0.15, -0.1) is 0 Å². The maximum absolute atomic E-state index is 13.7. The normalized spacial score (nSPS) is 27.6. The molecule has 2 saturated heterocycles. The number of methoxy groups -OCH3 is 1. The van der Waals surface area contributed by atoms with Crippen LogP contribution >= 0.6 is 11.6 Å². The molecule has 34 heavy (non-hydrogen) atoms. The second-order valence-corrected chi connectivity index (χ2v) is 9.47. The summed E-state index contributed by atoms with van der Waals surface area (Å²) >= 11 is 6.39. The number of H-pyrrole nitrogens is 1. The fourth-order valence-corrected chi connectivity index (χ4v) is 6.19. The molecule has 6 rings (SSSR count). The minimum Gasteiger partial charge on any atom is -0.383 e. The van der Waals surface area contributed by atoms with Crippen LogP contribution in [0.4, 0.5) is 5.69 Å². The quantitative estimate of drug-likeness (QED) is 0.489. The van der Waals surface area contributed by atoms with Crippen molar-refractivity contribution in [2.45, 2.75) is 18.0 Å². The number of imide groups is 1. The molecule has 1 spiro atoms. The highest BCUT2D eigenvalue weighted by molar-refractivity contribution is 6.35. The van der Waals surface area contributed by atoms with Gasteiger partial charge in [0.25, 0.3) is 0 Å². The van der Waals surface area contributed by atoms with Gasteiger partial charge in [-0.1, -0.05) is 41.9 Å². The number of ether oxygens (including phenoxy) is 1. The Bertz CT molecular complexity index is 1350. The number of fused-ring (bicyclic) bond motifs is 5. The molecule has 0 unspecified atom stereocenters. The van der Waals surface area contributed by atoms with Crippen LogP contribution in [0.25, 0.3) is 10.9 Å². The van der Waals surface area contributed by atoms with Gasteiger partial charge in [0, 0.05) is 35.8 Å². The molecule has 8 nitrogen and oxygen atoms in total. The summed E-state index contributed by atoms with van der Waals surface area (Å²) in [5, 5.41) is 7.77. The van der Waals surface area contributed by atoms with E-state index in [0.717, 1.165) is 16.5 Å². The number of hydrogen-bond donors (Lipinski definition) is 3. The molecule has 0 saturated carbocycles. The summed E-state index contributed by atoms with van der Waals surface area (Å²) in [7, 11) is 1.53. The first-order valence-corrected chi connectivity index (χ1v) is 11.6. The van der Waals surface area contributed by atoms with Gasteiger partial charge in [-0.25, -0.2) is 0 Å². The van der Waals surface area contributed by atoms with Crippen LogP contribution < -0.4 is 10.6 Å². The first-order chi connectivity index (χ1) is 16.5. The Balaban J connectivity index is 1.47. The van der Waals surface area contributed by atoms with Gasteiger partial charge in [0.1, 0.15) is 5.54 Å². The first kappa shape index (κ1) is 21.3. The lowest BCUT2D eigenvalue weighted by Crippen LogP contribution is -2.53. The zero-order valence-electron chi connectivity index (χ0n) is 18.4. The lowest BCUT2D eigenvalue weighted by atomic mass is 9.76. The maximum Gasteiger partial charge on any atom is 0.250 e. The van der Waals surface area contributed by atoms with Crippen molar-refractivity contribution in [3.8, 4) is 0 Å². The number of nitrogens with zero attached hydrogens (tertiary/aromatic N) is 1. The zero-order chi connectivity index (χ0) is 23.6. The van der Waals surface area contributed by atoms with Gasteiger partial charge in [-0.05, 0) is 24.1 Å². The molecule has 1 aromatic heterocycles. The number of para-hydroxylation sites is 2. The number of likely N-dealkylation sites (tertiary alicyclic amines) is 1. The molecule has 2 aromatic carbocycles. The Kier molecular flexibility index (Phi) is 4.81. The van der Waals surface area contributed by atoms with Crippen LogP contribution in [0, 0.1) is 11.8 Å². The van der Waals surface area contributed by atoms with E-state index in [9.17, 15) is 14.4 Å². The molecule has 174 valence electrons. The minimum atomic E-state index is -1.36. The number of aromatic nitrogens is 1. The molecule has 0 bridgehead atoms. The molecule has 0 radical (unpaired) electrons. The third kappa shape index (κ3) is 2.76. The largest absolute Gasteiger partial charge is 0.383 e. The smallest absolute Gasteiger partial charge is 0.250 e. The summed E-state index contributed by atoms with van der Waals surface area (Å²) in [6, 6.07) is 12.8. The van der Waals surface area contributed by atoms with Crippen LogP contribution in [0.15, 0.2) is 48.7 Å². The van der Waals surface area contributed by atoms with Gasteiger partial charge < -0.3 is 15.0 Å². The summed E-state index contributed by atoms with van der Waals surface area (Å²) in [5.41, 5.74) is 1.74. The Morgan fingerprint density at radius 3 is 2.74 bits per heavy atom. The third-order valence-electron chi connectivity index (χ3n) is 7.42. The molecule has 4 atom stereocenters. The highest BCUT2D eigenvalue weighted by atomic mass is 35.5. The van der Waals surface area contributed by atoms with E-state index in [-0.39, 0.29) is 30.9 Å². The second kappa shape index (κ2) is 7.66. The summed E-state index contributed by atoms with van der Waals surface area (Å²) in [6.07, 6.45) is 2.41. The van der Waals surface area contributed by atoms with Crippen LogP contribution in [0.1, 0.15) is 11.1 Å². The summed E-state index contributed by atoms with van der Waals surface area (Å²) in [6.45, 7) is 0.389. The molecule has 4 heterocycles. The van der Waals surface area contributed by atoms with Crippen molar-refractivity contribution in [3.05, 3.63) is 64.8 Å². The van der Waals surface area contributed by atoms with E-state index < -0.39 is 23.4 Å². The molecule has 2 fully saturated rings. The number of anilines is 1. The van der Waals surface area contributed by atoms with E-state index in [4.69, 9.17) is 16.3 Å². The number of carbonyl (C=O) groups is 3. The van der Waals surface area contributed by atoms with Crippen LogP contribution in [-0.2, 0) is 31.1 Å². The van der Waals surface area contributed by atoms with Gasteiger partial charge in [0.05, 0.1) is 35.7 Å². The second-order valence-electron chi connectivity index (χ2n) is 9.06. The number of aromatic amines is 1. The molecule has 0 aliphatic carbocycles. The minimum absolute atomic E-state index is 0.154. The number of hydrogen-bond acceptors (Lipinski definition) is 5. The van der Waals surface area contributed by atoms with Crippen molar-refractivity contribution in [2.24, 2.45) is 11.8 Å². The first-order valence-electron chi connectivity index (χ1n) is 11.2. The van der Waals surface area contributed by atoms with Crippen LogP contribution in [-0.4, -0.2) is 53.9 Å². The van der Waals surface area contributed by atoms with Crippen molar-refractivity contribution in [2.75, 3.05) is 25.6 Å². The number of rotatable bonds is 5. The van der Waals surface area contributed by atoms with Crippen molar-refractivity contribution >= 4 is 45.9 Å². The fourth-order valence-electron chi connectivity index (χ4n) is 5.97. The van der Waals surface area contributed by atoms with Crippen molar-refractivity contribution in [3.63, 3.8) is 0 Å². The molecular weight excluding hydrogens is 456 g/mol. The van der Waals surface area contributed by atoms with E-state index in [1.165, 1.54) is 12.0 Å². The number of halogens is 1. The molecule has 3 amide bonds. The lowest BCUT2D eigenvalue weighted by Gasteiger charge is -2.29. The average molecular weight is 479 g/mol. The summed E-state index contributed by atoms with van der Waals surface area (Å²) in [4.78, 5) is 45.3. The fraction of sp³-hybridized carbons (Fsp3) is 0.320. The Morgan fingerprint density at radius 2 is 1.91 bits per heavy atom. The van der Waals surface area contributed by atoms with Crippen LogP contribution in [0.5, 0.6) is 0 Å². The van der Waals surface area contributed by atoms with Crippen molar-refractivity contribution in [1.29, 1.82) is 0 Å². The Hall–Kier alpha value is -3.20. The topological polar surface area (TPSA) is 104 Å². The molecule has 3 aromatic rings. The van der Waals surface area contributed by atoms with E-state index in [0.29, 0.717) is 22.7 Å². The van der Waals surface area contributed by atoms with Gasteiger partial charge in [-0.3, -0.25) is 24.6 Å². The summed E-state index contributed by atoms with van der Waals surface area (Å²) < 4.78 is 5.13. The van der Waals surface area contributed by atoms with Gasteiger partial charge in [-0.2, -0.15) is 0 Å². The van der Waals surface area contributed by atoms with Gasteiger partial charge in [0.2, 0.25) is 17.7 Å². The molecule has 3 aliphatic rings. The van der Waals surface area contributed by atoms with Crippen molar-refractivity contribution < 1.29 is 19.1 Å². The Labute approximate surface area is 200 Å². The number of carbonyl (C=O) groups excluding carboxylic acids is 3. The SMILES string of the molecule is COCCN1C(=O)[C@H]2[C@@H](C1=O)[C@]1(N[C@@H]2Cc2c[nH]c3ccccc23)C(=O)Nc2c(Cl)cccc21. The monoisotopic (exact) mass is 478 g/mol. The van der Waals surface area contributed by atoms with Gasteiger partial charge >= 0.3 is 0 Å². The average Bonchev–Trinajstić information content (AvgIpc) is 3.54. The summed E-state index contributed by atoms with van der Waals surface area (Å²) in [5.74, 6) is -2.55. The number of nitrogens with one attached hydrogen (secondary N) is 3. The van der Waals surface area contributed by atoms with Crippen molar-refractivity contribution in [1.82, 2.24) is 15.2 Å². The van der Waals surface area contributed by atoms with E-state index in [1.807, 2.05) is 30.5 Å². The number of amides is 3. The highest BCUT2D eigenvalue weighted by Gasteiger charge is 2.70. The Morgan fingerprint density at radius 1 is 1.09 bits per heavy atom. The van der Waals surface area contributed by atoms with Crippen LogP contribution in [0.3, 0.4) is 0 Å². The predicted octanol–water partition coefficient (Wildman–Crippen LogP) is 2.43. The highest BCUT2D eigenvalue weighted by Crippen LogP contribution is 2.54. The van der Waals surface area contributed by atoms with Gasteiger partial charge in [0.15, 0.2) is 0 Å². The molecule has 3 N–H and O–H groups in total.